The summed E-state index contributed by atoms with van der Waals surface area (Å²) in [4.78, 5) is 12.0. The molecule has 2 aromatic rings. The molecule has 3 nitrogen and oxygen atoms in total. The van der Waals surface area contributed by atoms with E-state index >= 15 is 0 Å². The maximum atomic E-state index is 12.0. The Morgan fingerprint density at radius 3 is 2.24 bits per heavy atom. The van der Waals surface area contributed by atoms with Crippen LogP contribution in [-0.2, 0) is 4.79 Å². The zero-order chi connectivity index (χ0) is 15.4. The van der Waals surface area contributed by atoms with E-state index in [-0.39, 0.29) is 0 Å². The molecule has 21 heavy (non-hydrogen) atoms. The van der Waals surface area contributed by atoms with Gasteiger partial charge in [0, 0.05) is 4.47 Å². The minimum atomic E-state index is -0.671. The van der Waals surface area contributed by atoms with Gasteiger partial charge in [-0.05, 0) is 68.3 Å². The van der Waals surface area contributed by atoms with Gasteiger partial charge in [-0.1, -0.05) is 22.0 Å². The molecule has 4 heteroatoms. The normalized spacial score (nSPS) is 11.8. The number of hydrogen-bond donors (Lipinski definition) is 0. The molecule has 0 spiro atoms. The number of rotatable bonds is 4. The molecule has 0 radical (unpaired) electrons. The third-order valence-corrected chi connectivity index (χ3v) is 3.68. The highest BCUT2D eigenvalue weighted by Crippen LogP contribution is 2.19. The van der Waals surface area contributed by atoms with Crippen molar-refractivity contribution in [2.45, 2.75) is 26.9 Å². The molecule has 0 aliphatic rings. The number of ether oxygens (including phenoxy) is 2. The summed E-state index contributed by atoms with van der Waals surface area (Å²) < 4.78 is 11.8. The van der Waals surface area contributed by atoms with Gasteiger partial charge >= 0.3 is 5.97 Å². The van der Waals surface area contributed by atoms with Gasteiger partial charge in [0.2, 0.25) is 0 Å². The highest BCUT2D eigenvalue weighted by Gasteiger charge is 2.17. The number of halogens is 1. The summed E-state index contributed by atoms with van der Waals surface area (Å²) in [5, 5.41) is 0. The average Bonchev–Trinajstić information content (AvgIpc) is 2.45. The van der Waals surface area contributed by atoms with Crippen molar-refractivity contribution < 1.29 is 14.3 Å². The minimum absolute atomic E-state index is 0.421. The van der Waals surface area contributed by atoms with Crippen molar-refractivity contribution in [3.63, 3.8) is 0 Å². The van der Waals surface area contributed by atoms with E-state index in [1.165, 1.54) is 5.56 Å². The van der Waals surface area contributed by atoms with E-state index in [0.717, 1.165) is 10.0 Å². The predicted molar refractivity (Wildman–Crippen MR) is 85.8 cm³/mol. The van der Waals surface area contributed by atoms with Crippen LogP contribution in [0.25, 0.3) is 0 Å². The van der Waals surface area contributed by atoms with E-state index < -0.39 is 12.1 Å². The first-order valence-corrected chi connectivity index (χ1v) is 7.46. The van der Waals surface area contributed by atoms with Gasteiger partial charge in [0.05, 0.1) is 0 Å². The molecule has 110 valence electrons. The molecular formula is C17H17BrO3. The number of esters is 1. The van der Waals surface area contributed by atoms with Gasteiger partial charge in [-0.3, -0.25) is 0 Å². The van der Waals surface area contributed by atoms with E-state index in [1.807, 2.05) is 44.2 Å². The fourth-order valence-corrected chi connectivity index (χ4v) is 2.01. The highest BCUT2D eigenvalue weighted by molar-refractivity contribution is 9.10. The second kappa shape index (κ2) is 6.76. The molecule has 1 unspecified atom stereocenters. The summed E-state index contributed by atoms with van der Waals surface area (Å²) in [5.41, 5.74) is 2.31. The van der Waals surface area contributed by atoms with Gasteiger partial charge in [-0.2, -0.15) is 0 Å². The summed E-state index contributed by atoms with van der Waals surface area (Å²) in [5.74, 6) is 0.743. The van der Waals surface area contributed by atoms with E-state index in [4.69, 9.17) is 9.47 Å². The van der Waals surface area contributed by atoms with Crippen LogP contribution in [0, 0.1) is 13.8 Å². The van der Waals surface area contributed by atoms with Gasteiger partial charge in [0.25, 0.3) is 0 Å². The lowest BCUT2D eigenvalue weighted by Gasteiger charge is -2.14. The minimum Gasteiger partial charge on any atom is -0.479 e. The molecule has 0 bridgehead atoms. The van der Waals surface area contributed by atoms with Crippen molar-refractivity contribution in [3.05, 3.63) is 58.1 Å². The summed E-state index contributed by atoms with van der Waals surface area (Å²) in [6, 6.07) is 12.8. The van der Waals surface area contributed by atoms with E-state index in [1.54, 1.807) is 19.1 Å². The molecule has 2 aromatic carbocycles. The fourth-order valence-electron chi connectivity index (χ4n) is 1.74. The smallest absolute Gasteiger partial charge is 0.352 e. The van der Waals surface area contributed by atoms with Crippen LogP contribution in [0.5, 0.6) is 11.5 Å². The lowest BCUT2D eigenvalue weighted by molar-refractivity contribution is -0.141. The first-order valence-electron chi connectivity index (χ1n) is 6.67. The Balaban J connectivity index is 1.98. The van der Waals surface area contributed by atoms with Gasteiger partial charge in [0.15, 0.2) is 6.10 Å². The molecule has 0 heterocycles. The van der Waals surface area contributed by atoms with Gasteiger partial charge in [-0.25, -0.2) is 4.79 Å². The van der Waals surface area contributed by atoms with Crippen LogP contribution in [0.15, 0.2) is 46.9 Å². The third kappa shape index (κ3) is 4.33. The van der Waals surface area contributed by atoms with Crippen molar-refractivity contribution >= 4 is 21.9 Å². The van der Waals surface area contributed by atoms with Crippen LogP contribution in [0.4, 0.5) is 0 Å². The molecule has 0 N–H and O–H groups in total. The van der Waals surface area contributed by atoms with Crippen LogP contribution in [-0.4, -0.2) is 12.1 Å². The van der Waals surface area contributed by atoms with Crippen LogP contribution >= 0.6 is 15.9 Å². The maximum absolute atomic E-state index is 12.0. The molecule has 2 rings (SSSR count). The molecule has 0 aromatic heterocycles. The lowest BCUT2D eigenvalue weighted by atomic mass is 10.1. The lowest BCUT2D eigenvalue weighted by Crippen LogP contribution is -2.28. The Morgan fingerprint density at radius 2 is 1.62 bits per heavy atom. The van der Waals surface area contributed by atoms with Crippen molar-refractivity contribution in [1.29, 1.82) is 0 Å². The van der Waals surface area contributed by atoms with E-state index in [9.17, 15) is 4.79 Å². The van der Waals surface area contributed by atoms with Crippen molar-refractivity contribution in [3.8, 4) is 11.5 Å². The second-order valence-corrected chi connectivity index (χ2v) is 5.80. The van der Waals surface area contributed by atoms with Crippen LogP contribution < -0.4 is 9.47 Å². The molecule has 1 atom stereocenters. The predicted octanol–water partition coefficient (Wildman–Crippen LogP) is 4.44. The standard InChI is InChI=1S/C17H17BrO3/c1-11-4-7-16(10-12(11)2)20-13(3)17(19)21-15-8-5-14(18)6-9-15/h4-10,13H,1-3H3. The van der Waals surface area contributed by atoms with Crippen LogP contribution in [0.3, 0.4) is 0 Å². The number of carbonyl (C=O) groups excluding carboxylic acids is 1. The Morgan fingerprint density at radius 1 is 1.00 bits per heavy atom. The van der Waals surface area contributed by atoms with Gasteiger partial charge in [-0.15, -0.1) is 0 Å². The SMILES string of the molecule is Cc1ccc(OC(C)C(=O)Oc2ccc(Br)cc2)cc1C. The largest absolute Gasteiger partial charge is 0.479 e. The Kier molecular flexibility index (Phi) is 5.02. The zero-order valence-corrected chi connectivity index (χ0v) is 13.8. The molecule has 0 saturated heterocycles. The molecule has 0 amide bonds. The number of carbonyl (C=O) groups is 1. The van der Waals surface area contributed by atoms with Crippen LogP contribution in [0.2, 0.25) is 0 Å². The van der Waals surface area contributed by atoms with Gasteiger partial charge in [0.1, 0.15) is 11.5 Å². The zero-order valence-electron chi connectivity index (χ0n) is 12.2. The summed E-state index contributed by atoms with van der Waals surface area (Å²) in [6.45, 7) is 5.72. The number of benzene rings is 2. The monoisotopic (exact) mass is 348 g/mol. The highest BCUT2D eigenvalue weighted by atomic mass is 79.9. The molecule has 0 saturated carbocycles. The quantitative estimate of drug-likeness (QED) is 0.605. The molecule has 0 aliphatic heterocycles. The number of hydrogen-bond acceptors (Lipinski definition) is 3. The first kappa shape index (κ1) is 15.6. The van der Waals surface area contributed by atoms with Crippen molar-refractivity contribution in [2.75, 3.05) is 0 Å². The Bertz CT molecular complexity index is 635. The van der Waals surface area contributed by atoms with Gasteiger partial charge < -0.3 is 9.47 Å². The molecule has 0 aliphatic carbocycles. The van der Waals surface area contributed by atoms with Crippen molar-refractivity contribution in [1.82, 2.24) is 0 Å². The molecular weight excluding hydrogens is 332 g/mol. The Hall–Kier alpha value is -1.81. The summed E-state index contributed by atoms with van der Waals surface area (Å²) >= 11 is 3.33. The first-order chi connectivity index (χ1) is 9.95. The molecule has 0 fully saturated rings. The average molecular weight is 349 g/mol. The maximum Gasteiger partial charge on any atom is 0.352 e. The summed E-state index contributed by atoms with van der Waals surface area (Å²) in [7, 11) is 0. The van der Waals surface area contributed by atoms with Crippen LogP contribution in [0.1, 0.15) is 18.1 Å². The van der Waals surface area contributed by atoms with Crippen molar-refractivity contribution in [2.24, 2.45) is 0 Å². The fraction of sp³-hybridized carbons (Fsp3) is 0.235. The third-order valence-electron chi connectivity index (χ3n) is 3.16. The number of aryl methyl sites for hydroxylation is 2. The Labute approximate surface area is 133 Å². The second-order valence-electron chi connectivity index (χ2n) is 4.88. The van der Waals surface area contributed by atoms with E-state index in [2.05, 4.69) is 15.9 Å². The summed E-state index contributed by atoms with van der Waals surface area (Å²) in [6.07, 6.45) is -0.671. The van der Waals surface area contributed by atoms with E-state index in [0.29, 0.717) is 11.5 Å². The topological polar surface area (TPSA) is 35.5 Å².